The van der Waals surface area contributed by atoms with Crippen molar-refractivity contribution >= 4 is 5.69 Å². The quantitative estimate of drug-likeness (QED) is 0.862. The van der Waals surface area contributed by atoms with Gasteiger partial charge in [-0.2, -0.15) is 0 Å². The number of nitrogens with two attached hydrogens (primary N) is 1. The molecule has 0 atom stereocenters. The fraction of sp³-hybridized carbons (Fsp3) is 0.250. The third-order valence-electron chi connectivity index (χ3n) is 3.02. The predicted molar refractivity (Wildman–Crippen MR) is 77.6 cm³/mol. The van der Waals surface area contributed by atoms with Crippen LogP contribution < -0.4 is 10.6 Å². The molecular formula is C16H19FN2. The highest BCUT2D eigenvalue weighted by Gasteiger charge is 2.07. The molecule has 0 spiro atoms. The first-order valence-electron chi connectivity index (χ1n) is 6.54. The molecule has 0 unspecified atom stereocenters. The minimum Gasteiger partial charge on any atom is -0.367 e. The molecule has 0 saturated carbocycles. The summed E-state index contributed by atoms with van der Waals surface area (Å²) >= 11 is 0. The Morgan fingerprint density at radius 3 is 2.47 bits per heavy atom. The monoisotopic (exact) mass is 258 g/mol. The number of hydrogen-bond donors (Lipinski definition) is 1. The second kappa shape index (κ2) is 6.90. The van der Waals surface area contributed by atoms with Gasteiger partial charge in [-0.25, -0.2) is 4.39 Å². The zero-order valence-electron chi connectivity index (χ0n) is 10.9. The molecule has 0 aromatic heterocycles. The predicted octanol–water partition coefficient (Wildman–Crippen LogP) is 3.18. The topological polar surface area (TPSA) is 29.3 Å². The van der Waals surface area contributed by atoms with Crippen molar-refractivity contribution < 1.29 is 4.39 Å². The van der Waals surface area contributed by atoms with Gasteiger partial charge in [0, 0.05) is 18.8 Å². The van der Waals surface area contributed by atoms with Crippen molar-refractivity contribution in [3.63, 3.8) is 0 Å². The molecule has 100 valence electrons. The van der Waals surface area contributed by atoms with Gasteiger partial charge in [0.1, 0.15) is 5.82 Å². The van der Waals surface area contributed by atoms with Crippen LogP contribution in [0.3, 0.4) is 0 Å². The Balaban J connectivity index is 2.16. The Labute approximate surface area is 113 Å². The van der Waals surface area contributed by atoms with Crippen molar-refractivity contribution in [2.75, 3.05) is 18.0 Å². The number of hydrogen-bond acceptors (Lipinski definition) is 2. The summed E-state index contributed by atoms with van der Waals surface area (Å²) < 4.78 is 13.3. The zero-order valence-corrected chi connectivity index (χ0v) is 10.9. The van der Waals surface area contributed by atoms with Gasteiger partial charge in [0.15, 0.2) is 0 Å². The first kappa shape index (κ1) is 13.6. The third kappa shape index (κ3) is 4.07. The van der Waals surface area contributed by atoms with Crippen LogP contribution in [0.1, 0.15) is 12.0 Å². The first-order valence-corrected chi connectivity index (χ1v) is 6.54. The lowest BCUT2D eigenvalue weighted by Gasteiger charge is -2.25. The van der Waals surface area contributed by atoms with E-state index in [1.165, 1.54) is 11.6 Å². The molecule has 0 radical (unpaired) electrons. The lowest BCUT2D eigenvalue weighted by molar-refractivity contribution is 0.625. The maximum absolute atomic E-state index is 13.3. The molecule has 2 aromatic carbocycles. The van der Waals surface area contributed by atoms with Crippen LogP contribution in [0.4, 0.5) is 10.1 Å². The van der Waals surface area contributed by atoms with E-state index in [-0.39, 0.29) is 5.82 Å². The molecule has 19 heavy (non-hydrogen) atoms. The Bertz CT molecular complexity index is 499. The maximum Gasteiger partial charge on any atom is 0.125 e. The lowest BCUT2D eigenvalue weighted by atomic mass is 10.2. The van der Waals surface area contributed by atoms with Crippen molar-refractivity contribution in [1.29, 1.82) is 0 Å². The molecule has 0 amide bonds. The van der Waals surface area contributed by atoms with E-state index in [9.17, 15) is 4.39 Å². The van der Waals surface area contributed by atoms with Gasteiger partial charge in [-0.05, 0) is 36.7 Å². The molecule has 3 heteroatoms. The fourth-order valence-corrected chi connectivity index (χ4v) is 2.06. The van der Waals surface area contributed by atoms with Gasteiger partial charge in [0.2, 0.25) is 0 Å². The van der Waals surface area contributed by atoms with Crippen LogP contribution in [0.5, 0.6) is 0 Å². The van der Waals surface area contributed by atoms with E-state index in [4.69, 9.17) is 5.73 Å². The maximum atomic E-state index is 13.3. The van der Waals surface area contributed by atoms with Crippen molar-refractivity contribution in [3.05, 3.63) is 66.0 Å². The fourth-order valence-electron chi connectivity index (χ4n) is 2.06. The van der Waals surface area contributed by atoms with E-state index in [0.717, 1.165) is 25.2 Å². The Morgan fingerprint density at radius 2 is 1.79 bits per heavy atom. The second-order valence-corrected chi connectivity index (χ2v) is 4.53. The van der Waals surface area contributed by atoms with Gasteiger partial charge in [-0.3, -0.25) is 0 Å². The normalized spacial score (nSPS) is 10.4. The summed E-state index contributed by atoms with van der Waals surface area (Å²) in [5.41, 5.74) is 7.69. The van der Waals surface area contributed by atoms with Crippen LogP contribution in [-0.4, -0.2) is 13.1 Å². The Kier molecular flexibility index (Phi) is 4.93. The summed E-state index contributed by atoms with van der Waals surface area (Å²) in [6, 6.07) is 16.9. The van der Waals surface area contributed by atoms with Gasteiger partial charge < -0.3 is 10.6 Å². The number of benzene rings is 2. The number of rotatable bonds is 6. The van der Waals surface area contributed by atoms with Crippen molar-refractivity contribution in [2.45, 2.75) is 13.0 Å². The molecule has 2 aromatic rings. The van der Waals surface area contributed by atoms with Crippen LogP contribution in [-0.2, 0) is 6.54 Å². The summed E-state index contributed by atoms with van der Waals surface area (Å²) in [6.45, 7) is 2.24. The highest BCUT2D eigenvalue weighted by Crippen LogP contribution is 2.18. The molecule has 2 rings (SSSR count). The summed E-state index contributed by atoms with van der Waals surface area (Å²) in [7, 11) is 0. The van der Waals surface area contributed by atoms with E-state index in [2.05, 4.69) is 17.0 Å². The van der Waals surface area contributed by atoms with Gasteiger partial charge in [-0.1, -0.05) is 36.4 Å². The summed E-state index contributed by atoms with van der Waals surface area (Å²) in [5.74, 6) is -0.205. The number of anilines is 1. The molecule has 2 nitrogen and oxygen atoms in total. The minimum atomic E-state index is -0.205. The van der Waals surface area contributed by atoms with Crippen molar-refractivity contribution in [3.8, 4) is 0 Å². The van der Waals surface area contributed by atoms with E-state index >= 15 is 0 Å². The number of halogens is 1. The summed E-state index contributed by atoms with van der Waals surface area (Å²) in [6.07, 6.45) is 0.892. The van der Waals surface area contributed by atoms with E-state index in [1.807, 2.05) is 24.3 Å². The van der Waals surface area contributed by atoms with Gasteiger partial charge in [-0.15, -0.1) is 0 Å². The van der Waals surface area contributed by atoms with E-state index < -0.39 is 0 Å². The smallest absolute Gasteiger partial charge is 0.125 e. The van der Waals surface area contributed by atoms with Crippen LogP contribution in [0, 0.1) is 5.82 Å². The summed E-state index contributed by atoms with van der Waals surface area (Å²) in [5, 5.41) is 0. The molecule has 0 aliphatic heterocycles. The molecule has 2 N–H and O–H groups in total. The third-order valence-corrected chi connectivity index (χ3v) is 3.02. The van der Waals surface area contributed by atoms with E-state index in [1.54, 1.807) is 12.1 Å². The summed E-state index contributed by atoms with van der Waals surface area (Å²) in [4.78, 5) is 2.16. The van der Waals surface area contributed by atoms with Crippen LogP contribution in [0.2, 0.25) is 0 Å². The van der Waals surface area contributed by atoms with Gasteiger partial charge >= 0.3 is 0 Å². The molecule has 0 saturated heterocycles. The standard InChI is InChI=1S/C16H19FN2/c17-15-8-4-9-16(12-15)19(11-5-10-18)13-14-6-2-1-3-7-14/h1-4,6-9,12H,5,10-11,13,18H2. The highest BCUT2D eigenvalue weighted by molar-refractivity contribution is 5.47. The van der Waals surface area contributed by atoms with Gasteiger partial charge in [0.25, 0.3) is 0 Å². The average molecular weight is 258 g/mol. The average Bonchev–Trinajstić information content (AvgIpc) is 2.44. The Hall–Kier alpha value is -1.87. The molecule has 0 heterocycles. The van der Waals surface area contributed by atoms with Crippen molar-refractivity contribution in [1.82, 2.24) is 0 Å². The first-order chi connectivity index (χ1) is 9.29. The lowest BCUT2D eigenvalue weighted by Crippen LogP contribution is -2.25. The van der Waals surface area contributed by atoms with Gasteiger partial charge in [0.05, 0.1) is 0 Å². The largest absolute Gasteiger partial charge is 0.367 e. The van der Waals surface area contributed by atoms with E-state index in [0.29, 0.717) is 6.54 Å². The SMILES string of the molecule is NCCCN(Cc1ccccc1)c1cccc(F)c1. The van der Waals surface area contributed by atoms with Crippen LogP contribution in [0.25, 0.3) is 0 Å². The molecule has 0 aliphatic rings. The molecule has 0 fully saturated rings. The molecule has 0 bridgehead atoms. The molecule has 0 aliphatic carbocycles. The number of nitrogens with zero attached hydrogens (tertiary/aromatic N) is 1. The second-order valence-electron chi connectivity index (χ2n) is 4.53. The van der Waals surface area contributed by atoms with Crippen LogP contribution in [0.15, 0.2) is 54.6 Å². The zero-order chi connectivity index (χ0) is 13.5. The van der Waals surface area contributed by atoms with Crippen molar-refractivity contribution in [2.24, 2.45) is 5.73 Å². The van der Waals surface area contributed by atoms with Crippen LogP contribution >= 0.6 is 0 Å². The minimum absolute atomic E-state index is 0.205. The molecular weight excluding hydrogens is 239 g/mol. The Morgan fingerprint density at radius 1 is 1.00 bits per heavy atom. The highest BCUT2D eigenvalue weighted by atomic mass is 19.1.